The summed E-state index contributed by atoms with van der Waals surface area (Å²) in [4.78, 5) is 13.1. The molecule has 0 radical (unpaired) electrons. The van der Waals surface area contributed by atoms with Crippen molar-refractivity contribution in [2.24, 2.45) is 0 Å². The number of carbonyl (C=O) groups is 1. The van der Waals surface area contributed by atoms with Crippen molar-refractivity contribution in [1.29, 1.82) is 0 Å². The van der Waals surface area contributed by atoms with Crippen molar-refractivity contribution >= 4 is 5.97 Å². The fraction of sp³-hybridized carbons (Fsp3) is 0.562. The Balaban J connectivity index is 2.23. The van der Waals surface area contributed by atoms with Crippen LogP contribution in [0.1, 0.15) is 30.9 Å². The molecular weight excluding hydrogens is 270 g/mol. The Hall–Kier alpha value is -1.75. The van der Waals surface area contributed by atoms with E-state index in [9.17, 15) is 4.79 Å². The first-order valence-electron chi connectivity index (χ1n) is 7.31. The van der Waals surface area contributed by atoms with Crippen LogP contribution in [0.2, 0.25) is 0 Å². The van der Waals surface area contributed by atoms with E-state index in [0.717, 1.165) is 42.7 Å². The van der Waals surface area contributed by atoms with Gasteiger partial charge in [0.05, 0.1) is 14.2 Å². The first kappa shape index (κ1) is 15.6. The average Bonchev–Trinajstić information content (AvgIpc) is 2.42. The molecule has 5 nitrogen and oxygen atoms in total. The van der Waals surface area contributed by atoms with E-state index in [4.69, 9.17) is 14.6 Å². The number of ether oxygens (including phenoxy) is 2. The second-order valence-electron chi connectivity index (χ2n) is 5.35. The SMILES string of the molecule is CCCc1cc(CN2CC[C@@H]2C(=O)O)cc(OC)c1OC. The number of likely N-dealkylation sites (tertiary alicyclic amines) is 1. The van der Waals surface area contributed by atoms with Gasteiger partial charge < -0.3 is 14.6 Å². The van der Waals surface area contributed by atoms with E-state index in [2.05, 4.69) is 13.0 Å². The van der Waals surface area contributed by atoms with Crippen LogP contribution >= 0.6 is 0 Å². The van der Waals surface area contributed by atoms with Crippen molar-refractivity contribution in [2.45, 2.75) is 38.8 Å². The van der Waals surface area contributed by atoms with Crippen molar-refractivity contribution in [3.05, 3.63) is 23.3 Å². The van der Waals surface area contributed by atoms with E-state index in [0.29, 0.717) is 12.3 Å². The van der Waals surface area contributed by atoms with E-state index >= 15 is 0 Å². The van der Waals surface area contributed by atoms with Gasteiger partial charge in [-0.1, -0.05) is 19.4 Å². The Morgan fingerprint density at radius 2 is 2.14 bits per heavy atom. The predicted molar refractivity (Wildman–Crippen MR) is 80.0 cm³/mol. The molecule has 0 saturated carbocycles. The molecule has 5 heteroatoms. The molecule has 0 aliphatic carbocycles. The molecule has 0 spiro atoms. The number of aryl methyl sites for hydroxylation is 1. The van der Waals surface area contributed by atoms with Crippen LogP contribution in [0.5, 0.6) is 11.5 Å². The molecule has 0 aromatic heterocycles. The van der Waals surface area contributed by atoms with Crippen molar-refractivity contribution in [2.75, 3.05) is 20.8 Å². The molecule has 0 amide bonds. The first-order valence-corrected chi connectivity index (χ1v) is 7.31. The lowest BCUT2D eigenvalue weighted by molar-refractivity contribution is -0.148. The lowest BCUT2D eigenvalue weighted by Gasteiger charge is -2.38. The molecule has 1 aliphatic rings. The maximum absolute atomic E-state index is 11.1. The van der Waals surface area contributed by atoms with Gasteiger partial charge in [0.2, 0.25) is 0 Å². The Bertz CT molecular complexity index is 515. The minimum Gasteiger partial charge on any atom is -0.493 e. The second-order valence-corrected chi connectivity index (χ2v) is 5.35. The fourth-order valence-corrected chi connectivity index (χ4v) is 2.80. The molecule has 2 rings (SSSR count). The third-order valence-corrected chi connectivity index (χ3v) is 3.94. The molecule has 0 bridgehead atoms. The van der Waals surface area contributed by atoms with Gasteiger partial charge in [0.1, 0.15) is 6.04 Å². The monoisotopic (exact) mass is 293 g/mol. The first-order chi connectivity index (χ1) is 10.1. The van der Waals surface area contributed by atoms with Gasteiger partial charge in [0.15, 0.2) is 11.5 Å². The summed E-state index contributed by atoms with van der Waals surface area (Å²) in [6.07, 6.45) is 2.66. The highest BCUT2D eigenvalue weighted by atomic mass is 16.5. The van der Waals surface area contributed by atoms with E-state index in [1.165, 1.54) is 0 Å². The van der Waals surface area contributed by atoms with Gasteiger partial charge in [0.25, 0.3) is 0 Å². The number of carboxylic acids is 1. The summed E-state index contributed by atoms with van der Waals surface area (Å²) >= 11 is 0. The smallest absolute Gasteiger partial charge is 0.320 e. The largest absolute Gasteiger partial charge is 0.493 e. The number of rotatable bonds is 7. The van der Waals surface area contributed by atoms with Crippen LogP contribution in [-0.4, -0.2) is 42.8 Å². The fourth-order valence-electron chi connectivity index (χ4n) is 2.80. The topological polar surface area (TPSA) is 59.0 Å². The maximum atomic E-state index is 11.1. The Morgan fingerprint density at radius 1 is 1.38 bits per heavy atom. The Kier molecular flexibility index (Phi) is 5.07. The second kappa shape index (κ2) is 6.80. The number of hydrogen-bond donors (Lipinski definition) is 1. The molecule has 1 aromatic carbocycles. The summed E-state index contributed by atoms with van der Waals surface area (Å²) in [6.45, 7) is 3.58. The normalized spacial score (nSPS) is 18.1. The highest BCUT2D eigenvalue weighted by Crippen LogP contribution is 2.34. The number of nitrogens with zero attached hydrogens (tertiary/aromatic N) is 1. The summed E-state index contributed by atoms with van der Waals surface area (Å²) in [5.74, 6) is 0.753. The number of methoxy groups -OCH3 is 2. The minimum atomic E-state index is -0.740. The van der Waals surface area contributed by atoms with Crippen molar-refractivity contribution < 1.29 is 19.4 Å². The van der Waals surface area contributed by atoms with Crippen LogP contribution in [-0.2, 0) is 17.8 Å². The van der Waals surface area contributed by atoms with Crippen LogP contribution in [0.25, 0.3) is 0 Å². The molecule has 1 N–H and O–H groups in total. The minimum absolute atomic E-state index is 0.354. The van der Waals surface area contributed by atoms with Gasteiger partial charge in [0, 0.05) is 13.1 Å². The Labute approximate surface area is 125 Å². The number of carboxylic acid groups (broad SMARTS) is 1. The summed E-state index contributed by atoms with van der Waals surface area (Å²) in [7, 11) is 3.27. The third-order valence-electron chi connectivity index (χ3n) is 3.94. The van der Waals surface area contributed by atoms with Gasteiger partial charge in [-0.15, -0.1) is 0 Å². The van der Waals surface area contributed by atoms with Crippen molar-refractivity contribution in [1.82, 2.24) is 4.90 Å². The van der Waals surface area contributed by atoms with Gasteiger partial charge in [-0.05, 0) is 30.0 Å². The number of aliphatic carboxylic acids is 1. The molecule has 1 fully saturated rings. The van der Waals surface area contributed by atoms with E-state index < -0.39 is 5.97 Å². The summed E-state index contributed by atoms with van der Waals surface area (Å²) in [5, 5.41) is 9.12. The molecule has 1 heterocycles. The maximum Gasteiger partial charge on any atom is 0.320 e. The number of benzene rings is 1. The van der Waals surface area contributed by atoms with Crippen LogP contribution < -0.4 is 9.47 Å². The number of hydrogen-bond acceptors (Lipinski definition) is 4. The zero-order valence-electron chi connectivity index (χ0n) is 12.9. The van der Waals surface area contributed by atoms with Crippen molar-refractivity contribution in [3.63, 3.8) is 0 Å². The van der Waals surface area contributed by atoms with Gasteiger partial charge in [-0.2, -0.15) is 0 Å². The molecular formula is C16H23NO4. The molecule has 1 atom stereocenters. The molecule has 1 aliphatic heterocycles. The average molecular weight is 293 g/mol. The van der Waals surface area contributed by atoms with Gasteiger partial charge in [-0.25, -0.2) is 0 Å². The van der Waals surface area contributed by atoms with E-state index in [1.54, 1.807) is 14.2 Å². The standard InChI is InChI=1S/C16H23NO4/c1-4-5-12-8-11(9-14(20-2)15(12)21-3)10-17-7-6-13(17)16(18)19/h8-9,13H,4-7,10H2,1-3H3,(H,18,19)/t13-/m1/s1. The highest BCUT2D eigenvalue weighted by molar-refractivity contribution is 5.74. The zero-order chi connectivity index (χ0) is 15.4. The van der Waals surface area contributed by atoms with Crippen LogP contribution in [0.3, 0.4) is 0 Å². The molecule has 1 aromatic rings. The third kappa shape index (κ3) is 3.29. The van der Waals surface area contributed by atoms with Crippen LogP contribution in [0.4, 0.5) is 0 Å². The lowest BCUT2D eigenvalue weighted by Crippen LogP contribution is -2.51. The quantitative estimate of drug-likeness (QED) is 0.836. The molecule has 21 heavy (non-hydrogen) atoms. The molecule has 116 valence electrons. The zero-order valence-corrected chi connectivity index (χ0v) is 12.9. The van der Waals surface area contributed by atoms with Crippen molar-refractivity contribution in [3.8, 4) is 11.5 Å². The molecule has 1 saturated heterocycles. The lowest BCUT2D eigenvalue weighted by atomic mass is 9.99. The van der Waals surface area contributed by atoms with Crippen LogP contribution in [0.15, 0.2) is 12.1 Å². The summed E-state index contributed by atoms with van der Waals surface area (Å²) in [5.41, 5.74) is 2.18. The summed E-state index contributed by atoms with van der Waals surface area (Å²) < 4.78 is 10.9. The van der Waals surface area contributed by atoms with E-state index in [1.807, 2.05) is 11.0 Å². The summed E-state index contributed by atoms with van der Waals surface area (Å²) in [6, 6.07) is 3.69. The van der Waals surface area contributed by atoms with Gasteiger partial charge in [-0.3, -0.25) is 9.69 Å². The highest BCUT2D eigenvalue weighted by Gasteiger charge is 2.33. The predicted octanol–water partition coefficient (Wildman–Crippen LogP) is 2.32. The van der Waals surface area contributed by atoms with E-state index in [-0.39, 0.29) is 6.04 Å². The molecule has 0 unspecified atom stereocenters. The van der Waals surface area contributed by atoms with Crippen LogP contribution in [0, 0.1) is 0 Å². The Morgan fingerprint density at radius 3 is 2.62 bits per heavy atom. The van der Waals surface area contributed by atoms with Gasteiger partial charge >= 0.3 is 5.97 Å².